The molecule has 152 valence electrons. The number of nitrogens with one attached hydrogen (secondary N) is 1. The van der Waals surface area contributed by atoms with E-state index in [4.69, 9.17) is 27.9 Å². The second-order valence-electron chi connectivity index (χ2n) is 6.93. The van der Waals surface area contributed by atoms with E-state index in [0.29, 0.717) is 33.8 Å². The van der Waals surface area contributed by atoms with Crippen molar-refractivity contribution in [3.8, 4) is 11.5 Å². The molecular formula is C23H18Cl2N2O3. The molecule has 3 aromatic carbocycles. The Balaban J connectivity index is 1.49. The van der Waals surface area contributed by atoms with Crippen LogP contribution in [0.5, 0.6) is 11.5 Å². The lowest BCUT2D eigenvalue weighted by atomic mass is 10.1. The fraction of sp³-hybridized carbons (Fsp3) is 0.130. The summed E-state index contributed by atoms with van der Waals surface area (Å²) in [5.41, 5.74) is 1.17. The molecule has 1 atom stereocenters. The number of hydrogen-bond donors (Lipinski definition) is 1. The van der Waals surface area contributed by atoms with Crippen molar-refractivity contribution in [1.29, 1.82) is 0 Å². The van der Waals surface area contributed by atoms with E-state index in [-0.39, 0.29) is 18.2 Å². The van der Waals surface area contributed by atoms with Crippen LogP contribution in [0.4, 0.5) is 11.4 Å². The zero-order chi connectivity index (χ0) is 21.1. The van der Waals surface area contributed by atoms with Gasteiger partial charge in [0, 0.05) is 28.7 Å². The first kappa shape index (κ1) is 20.3. The van der Waals surface area contributed by atoms with Crippen molar-refractivity contribution in [2.75, 3.05) is 16.8 Å². The summed E-state index contributed by atoms with van der Waals surface area (Å²) in [4.78, 5) is 27.0. The number of amides is 2. The van der Waals surface area contributed by atoms with Crippen molar-refractivity contribution in [2.24, 2.45) is 5.92 Å². The molecule has 0 spiro atoms. The van der Waals surface area contributed by atoms with Gasteiger partial charge in [0.1, 0.15) is 5.75 Å². The zero-order valence-electron chi connectivity index (χ0n) is 15.8. The average molecular weight is 441 g/mol. The minimum atomic E-state index is -0.489. The van der Waals surface area contributed by atoms with Gasteiger partial charge < -0.3 is 15.0 Å². The minimum Gasteiger partial charge on any atom is -0.455 e. The van der Waals surface area contributed by atoms with Gasteiger partial charge in [0.15, 0.2) is 5.75 Å². The maximum absolute atomic E-state index is 12.9. The minimum absolute atomic E-state index is 0.107. The third-order valence-electron chi connectivity index (χ3n) is 4.80. The van der Waals surface area contributed by atoms with Crippen LogP contribution in [0.2, 0.25) is 10.0 Å². The fourth-order valence-electron chi connectivity index (χ4n) is 3.29. The largest absolute Gasteiger partial charge is 0.455 e. The first-order valence-corrected chi connectivity index (χ1v) is 10.1. The van der Waals surface area contributed by atoms with Gasteiger partial charge in [-0.05, 0) is 54.6 Å². The molecule has 1 unspecified atom stereocenters. The van der Waals surface area contributed by atoms with Crippen LogP contribution in [0, 0.1) is 5.92 Å². The van der Waals surface area contributed by atoms with Crippen molar-refractivity contribution in [1.82, 2.24) is 0 Å². The molecule has 0 saturated carbocycles. The van der Waals surface area contributed by atoms with Gasteiger partial charge in [-0.25, -0.2) is 0 Å². The lowest BCUT2D eigenvalue weighted by Gasteiger charge is -2.17. The molecule has 0 radical (unpaired) electrons. The SMILES string of the molecule is O=C(Nc1cc(Cl)ccc1Oc1ccccc1)C1CC(=O)N(c2ccc(Cl)cc2)C1. The van der Waals surface area contributed by atoms with E-state index in [1.54, 1.807) is 47.4 Å². The molecule has 1 N–H and O–H groups in total. The molecule has 30 heavy (non-hydrogen) atoms. The summed E-state index contributed by atoms with van der Waals surface area (Å²) in [6, 6.07) is 21.2. The van der Waals surface area contributed by atoms with Gasteiger partial charge in [0.25, 0.3) is 0 Å². The van der Waals surface area contributed by atoms with E-state index < -0.39 is 5.92 Å². The van der Waals surface area contributed by atoms with Crippen LogP contribution in [0.3, 0.4) is 0 Å². The standard InChI is InChI=1S/C23H18Cl2N2O3/c24-16-6-9-18(10-7-16)27-14-15(12-22(27)28)23(29)26-20-13-17(25)8-11-21(20)30-19-4-2-1-3-5-19/h1-11,13,15H,12,14H2,(H,26,29). The average Bonchev–Trinajstić information content (AvgIpc) is 3.13. The van der Waals surface area contributed by atoms with Crippen molar-refractivity contribution in [3.63, 3.8) is 0 Å². The molecule has 7 heteroatoms. The monoisotopic (exact) mass is 440 g/mol. The lowest BCUT2D eigenvalue weighted by Crippen LogP contribution is -2.28. The predicted molar refractivity (Wildman–Crippen MR) is 119 cm³/mol. The van der Waals surface area contributed by atoms with E-state index in [9.17, 15) is 9.59 Å². The highest BCUT2D eigenvalue weighted by Gasteiger charge is 2.35. The summed E-state index contributed by atoms with van der Waals surface area (Å²) in [7, 11) is 0. The van der Waals surface area contributed by atoms with Crippen LogP contribution in [0.25, 0.3) is 0 Å². The summed E-state index contributed by atoms with van der Waals surface area (Å²) in [6.45, 7) is 0.293. The molecular weight excluding hydrogens is 423 g/mol. The Morgan fingerprint density at radius 2 is 1.67 bits per heavy atom. The van der Waals surface area contributed by atoms with Crippen LogP contribution in [0.1, 0.15) is 6.42 Å². The molecule has 3 aromatic rings. The number of nitrogens with zero attached hydrogens (tertiary/aromatic N) is 1. The van der Waals surface area contributed by atoms with Gasteiger partial charge in [-0.15, -0.1) is 0 Å². The number of halogens is 2. The van der Waals surface area contributed by atoms with E-state index in [1.807, 2.05) is 30.3 Å². The molecule has 0 aliphatic carbocycles. The zero-order valence-corrected chi connectivity index (χ0v) is 17.4. The Kier molecular flexibility index (Phi) is 5.93. The third-order valence-corrected chi connectivity index (χ3v) is 5.29. The molecule has 1 aliphatic heterocycles. The number of carbonyl (C=O) groups excluding carboxylic acids is 2. The maximum atomic E-state index is 12.9. The Morgan fingerprint density at radius 3 is 2.40 bits per heavy atom. The van der Waals surface area contributed by atoms with Gasteiger partial charge in [-0.1, -0.05) is 41.4 Å². The summed E-state index contributed by atoms with van der Waals surface area (Å²) in [5, 5.41) is 3.92. The summed E-state index contributed by atoms with van der Waals surface area (Å²) >= 11 is 12.0. The van der Waals surface area contributed by atoms with Gasteiger partial charge in [-0.3, -0.25) is 9.59 Å². The molecule has 1 heterocycles. The molecule has 2 amide bonds. The van der Waals surface area contributed by atoms with E-state index in [2.05, 4.69) is 5.32 Å². The van der Waals surface area contributed by atoms with Crippen LogP contribution in [0.15, 0.2) is 72.8 Å². The highest BCUT2D eigenvalue weighted by molar-refractivity contribution is 6.31. The van der Waals surface area contributed by atoms with Gasteiger partial charge >= 0.3 is 0 Å². The number of ether oxygens (including phenoxy) is 1. The summed E-state index contributed by atoms with van der Waals surface area (Å²) in [6.07, 6.45) is 0.129. The van der Waals surface area contributed by atoms with Crippen molar-refractivity contribution in [2.45, 2.75) is 6.42 Å². The van der Waals surface area contributed by atoms with E-state index >= 15 is 0 Å². The third kappa shape index (κ3) is 4.58. The van der Waals surface area contributed by atoms with Crippen LogP contribution in [-0.4, -0.2) is 18.4 Å². The Labute approximate surface area is 184 Å². The molecule has 5 nitrogen and oxygen atoms in total. The maximum Gasteiger partial charge on any atom is 0.229 e. The highest BCUT2D eigenvalue weighted by Crippen LogP contribution is 2.33. The molecule has 0 bridgehead atoms. The quantitative estimate of drug-likeness (QED) is 0.546. The number of para-hydroxylation sites is 1. The smallest absolute Gasteiger partial charge is 0.229 e. The molecule has 1 saturated heterocycles. The predicted octanol–water partition coefficient (Wildman–Crippen LogP) is 5.78. The first-order chi connectivity index (χ1) is 14.5. The van der Waals surface area contributed by atoms with Crippen LogP contribution in [-0.2, 0) is 9.59 Å². The second-order valence-corrected chi connectivity index (χ2v) is 7.80. The van der Waals surface area contributed by atoms with E-state index in [1.165, 1.54) is 0 Å². The molecule has 4 rings (SSSR count). The highest BCUT2D eigenvalue weighted by atomic mass is 35.5. The molecule has 1 aliphatic rings. The first-order valence-electron chi connectivity index (χ1n) is 9.39. The molecule has 1 fully saturated rings. The Hall–Kier alpha value is -3.02. The van der Waals surface area contributed by atoms with Gasteiger partial charge in [-0.2, -0.15) is 0 Å². The van der Waals surface area contributed by atoms with Crippen molar-refractivity contribution < 1.29 is 14.3 Å². The number of carbonyl (C=O) groups is 2. The Morgan fingerprint density at radius 1 is 0.967 bits per heavy atom. The van der Waals surface area contributed by atoms with Gasteiger partial charge in [0.2, 0.25) is 11.8 Å². The topological polar surface area (TPSA) is 58.6 Å². The number of benzene rings is 3. The summed E-state index contributed by atoms with van der Waals surface area (Å²) in [5.74, 6) is 0.249. The number of hydrogen-bond acceptors (Lipinski definition) is 3. The second kappa shape index (κ2) is 8.78. The summed E-state index contributed by atoms with van der Waals surface area (Å²) < 4.78 is 5.89. The molecule has 0 aromatic heterocycles. The Bertz CT molecular complexity index is 1070. The van der Waals surface area contributed by atoms with E-state index in [0.717, 1.165) is 5.69 Å². The lowest BCUT2D eigenvalue weighted by molar-refractivity contribution is -0.122. The number of rotatable bonds is 5. The van der Waals surface area contributed by atoms with Crippen molar-refractivity contribution >= 4 is 46.4 Å². The fourth-order valence-corrected chi connectivity index (χ4v) is 3.59. The number of anilines is 2. The van der Waals surface area contributed by atoms with Gasteiger partial charge in [0.05, 0.1) is 11.6 Å². The normalized spacial score (nSPS) is 15.9. The van der Waals surface area contributed by atoms with Crippen LogP contribution >= 0.6 is 23.2 Å². The van der Waals surface area contributed by atoms with Crippen molar-refractivity contribution in [3.05, 3.63) is 82.8 Å². The van der Waals surface area contributed by atoms with Crippen LogP contribution < -0.4 is 15.0 Å².